The smallest absolute Gasteiger partial charge is 0.261 e. The molecule has 1 aromatic heterocycles. The van der Waals surface area contributed by atoms with E-state index in [2.05, 4.69) is 5.32 Å². The summed E-state index contributed by atoms with van der Waals surface area (Å²) in [6, 6.07) is 1.69. The van der Waals surface area contributed by atoms with E-state index in [1.165, 1.54) is 11.3 Å². The van der Waals surface area contributed by atoms with E-state index in [4.69, 9.17) is 5.73 Å². The van der Waals surface area contributed by atoms with E-state index in [0.717, 1.165) is 11.3 Å². The molecule has 0 aromatic carbocycles. The second kappa shape index (κ2) is 6.00. The maximum Gasteiger partial charge on any atom is 0.261 e. The SMILES string of the molecule is Cc1sc(C(=O)NCCCS(C)=O)cc1N. The van der Waals surface area contributed by atoms with Crippen LogP contribution in [0.25, 0.3) is 0 Å². The minimum atomic E-state index is -0.793. The van der Waals surface area contributed by atoms with Crippen molar-refractivity contribution in [2.24, 2.45) is 0 Å². The van der Waals surface area contributed by atoms with E-state index < -0.39 is 10.8 Å². The lowest BCUT2D eigenvalue weighted by atomic mass is 10.3. The molecule has 1 amide bonds. The molecule has 1 aromatic rings. The Balaban J connectivity index is 2.38. The predicted molar refractivity (Wildman–Crippen MR) is 69.4 cm³/mol. The van der Waals surface area contributed by atoms with Crippen LogP contribution in [0.2, 0.25) is 0 Å². The van der Waals surface area contributed by atoms with Gasteiger partial charge in [0.1, 0.15) is 0 Å². The van der Waals surface area contributed by atoms with Crippen molar-refractivity contribution in [2.45, 2.75) is 13.3 Å². The van der Waals surface area contributed by atoms with Crippen molar-refractivity contribution in [1.29, 1.82) is 0 Å². The molecule has 1 heterocycles. The van der Waals surface area contributed by atoms with Crippen LogP contribution in [0.3, 0.4) is 0 Å². The van der Waals surface area contributed by atoms with Gasteiger partial charge in [0.25, 0.3) is 5.91 Å². The number of anilines is 1. The van der Waals surface area contributed by atoms with Gasteiger partial charge >= 0.3 is 0 Å². The molecule has 0 aliphatic rings. The highest BCUT2D eigenvalue weighted by Crippen LogP contribution is 2.22. The first-order valence-electron chi connectivity index (χ1n) is 4.95. The molecular weight excluding hydrogens is 244 g/mol. The Morgan fingerprint density at radius 1 is 1.62 bits per heavy atom. The number of rotatable bonds is 5. The lowest BCUT2D eigenvalue weighted by Gasteiger charge is -2.01. The zero-order valence-electron chi connectivity index (χ0n) is 9.41. The standard InChI is InChI=1S/C10H16N2O2S2/c1-7-8(11)6-9(15-7)10(13)12-4-3-5-16(2)14/h6H,3-5,11H2,1-2H3,(H,12,13). The van der Waals surface area contributed by atoms with Crippen LogP contribution in [0.4, 0.5) is 5.69 Å². The first kappa shape index (κ1) is 13.2. The van der Waals surface area contributed by atoms with Crippen molar-refractivity contribution >= 4 is 33.7 Å². The van der Waals surface area contributed by atoms with Gasteiger partial charge < -0.3 is 11.1 Å². The molecule has 6 heteroatoms. The Morgan fingerprint density at radius 2 is 2.31 bits per heavy atom. The fourth-order valence-electron chi connectivity index (χ4n) is 1.17. The molecule has 1 rings (SSSR count). The molecule has 0 spiro atoms. The number of hydrogen-bond donors (Lipinski definition) is 2. The highest BCUT2D eigenvalue weighted by Gasteiger charge is 2.09. The summed E-state index contributed by atoms with van der Waals surface area (Å²) in [5.74, 6) is 0.512. The lowest BCUT2D eigenvalue weighted by Crippen LogP contribution is -2.24. The van der Waals surface area contributed by atoms with Gasteiger partial charge in [-0.2, -0.15) is 0 Å². The van der Waals surface area contributed by atoms with Crippen molar-refractivity contribution in [2.75, 3.05) is 24.3 Å². The second-order valence-electron chi connectivity index (χ2n) is 3.51. The summed E-state index contributed by atoms with van der Waals surface area (Å²) in [7, 11) is -0.793. The van der Waals surface area contributed by atoms with Crippen molar-refractivity contribution < 1.29 is 9.00 Å². The number of carbonyl (C=O) groups is 1. The Kier molecular flexibility index (Phi) is 4.95. The fourth-order valence-corrected chi connectivity index (χ4v) is 2.58. The van der Waals surface area contributed by atoms with Crippen LogP contribution in [0.5, 0.6) is 0 Å². The van der Waals surface area contributed by atoms with E-state index in [1.807, 2.05) is 6.92 Å². The molecule has 16 heavy (non-hydrogen) atoms. The number of amides is 1. The number of thiophene rings is 1. The third-order valence-corrected chi connectivity index (χ3v) is 4.00. The fraction of sp³-hybridized carbons (Fsp3) is 0.500. The van der Waals surface area contributed by atoms with Crippen LogP contribution in [-0.2, 0) is 10.8 Å². The number of hydrogen-bond acceptors (Lipinski definition) is 4. The normalized spacial score (nSPS) is 12.4. The highest BCUT2D eigenvalue weighted by molar-refractivity contribution is 7.84. The van der Waals surface area contributed by atoms with Gasteiger partial charge in [0.15, 0.2) is 0 Å². The van der Waals surface area contributed by atoms with Crippen LogP contribution in [0.1, 0.15) is 21.0 Å². The molecule has 4 nitrogen and oxygen atoms in total. The number of nitrogens with one attached hydrogen (secondary N) is 1. The Labute approximate surface area is 102 Å². The number of nitrogen functional groups attached to an aromatic ring is 1. The zero-order valence-corrected chi connectivity index (χ0v) is 11.0. The molecule has 1 atom stereocenters. The van der Waals surface area contributed by atoms with Gasteiger partial charge in [0, 0.05) is 39.9 Å². The molecular formula is C10H16N2O2S2. The van der Waals surface area contributed by atoms with Gasteiger partial charge in [-0.15, -0.1) is 11.3 Å². The highest BCUT2D eigenvalue weighted by atomic mass is 32.2. The summed E-state index contributed by atoms with van der Waals surface area (Å²) < 4.78 is 10.8. The van der Waals surface area contributed by atoms with Gasteiger partial charge in [-0.05, 0) is 19.4 Å². The monoisotopic (exact) mass is 260 g/mol. The van der Waals surface area contributed by atoms with E-state index in [1.54, 1.807) is 12.3 Å². The number of nitrogens with two attached hydrogens (primary N) is 1. The summed E-state index contributed by atoms with van der Waals surface area (Å²) in [6.45, 7) is 2.44. The van der Waals surface area contributed by atoms with Crippen LogP contribution >= 0.6 is 11.3 Å². The predicted octanol–water partition coefficient (Wildman–Crippen LogP) is 1.14. The first-order valence-corrected chi connectivity index (χ1v) is 7.49. The van der Waals surface area contributed by atoms with Gasteiger partial charge in [-0.1, -0.05) is 0 Å². The summed E-state index contributed by atoms with van der Waals surface area (Å²) in [6.07, 6.45) is 2.39. The van der Waals surface area contributed by atoms with E-state index in [0.29, 0.717) is 22.9 Å². The molecule has 0 fully saturated rings. The number of aryl methyl sites for hydroxylation is 1. The molecule has 90 valence electrons. The Morgan fingerprint density at radius 3 is 2.81 bits per heavy atom. The molecule has 0 saturated heterocycles. The van der Waals surface area contributed by atoms with Crippen molar-refractivity contribution in [1.82, 2.24) is 5.32 Å². The minimum absolute atomic E-state index is 0.105. The van der Waals surface area contributed by atoms with Gasteiger partial charge in [0.2, 0.25) is 0 Å². The van der Waals surface area contributed by atoms with Crippen LogP contribution in [-0.4, -0.2) is 28.7 Å². The van der Waals surface area contributed by atoms with Crippen LogP contribution < -0.4 is 11.1 Å². The third kappa shape index (κ3) is 3.94. The molecule has 0 aliphatic heterocycles. The Bertz CT molecular complexity index is 382. The average molecular weight is 260 g/mol. The van der Waals surface area contributed by atoms with E-state index in [-0.39, 0.29) is 5.91 Å². The lowest BCUT2D eigenvalue weighted by molar-refractivity contribution is 0.0958. The summed E-state index contributed by atoms with van der Waals surface area (Å²) in [5.41, 5.74) is 6.32. The molecule has 3 N–H and O–H groups in total. The summed E-state index contributed by atoms with van der Waals surface area (Å²) >= 11 is 1.39. The van der Waals surface area contributed by atoms with Crippen molar-refractivity contribution in [3.05, 3.63) is 15.8 Å². The molecule has 1 unspecified atom stereocenters. The summed E-state index contributed by atoms with van der Waals surface area (Å²) in [5, 5.41) is 2.78. The van der Waals surface area contributed by atoms with Crippen LogP contribution in [0.15, 0.2) is 6.07 Å². The first-order chi connectivity index (χ1) is 7.50. The van der Waals surface area contributed by atoms with Crippen LogP contribution in [0, 0.1) is 6.92 Å². The molecule has 0 saturated carbocycles. The molecule has 0 radical (unpaired) electrons. The minimum Gasteiger partial charge on any atom is -0.398 e. The van der Waals surface area contributed by atoms with E-state index in [9.17, 15) is 9.00 Å². The third-order valence-electron chi connectivity index (χ3n) is 2.07. The summed E-state index contributed by atoms with van der Waals surface area (Å²) in [4.78, 5) is 13.2. The van der Waals surface area contributed by atoms with Crippen molar-refractivity contribution in [3.8, 4) is 0 Å². The maximum atomic E-state index is 11.6. The largest absolute Gasteiger partial charge is 0.398 e. The quantitative estimate of drug-likeness (QED) is 0.780. The van der Waals surface area contributed by atoms with Gasteiger partial charge in [0.05, 0.1) is 4.88 Å². The van der Waals surface area contributed by atoms with E-state index >= 15 is 0 Å². The number of carbonyl (C=O) groups excluding carboxylic acids is 1. The van der Waals surface area contributed by atoms with Crippen molar-refractivity contribution in [3.63, 3.8) is 0 Å². The molecule has 0 bridgehead atoms. The average Bonchev–Trinajstić information content (AvgIpc) is 2.54. The molecule has 0 aliphatic carbocycles. The zero-order chi connectivity index (χ0) is 12.1. The Hall–Kier alpha value is -0.880. The second-order valence-corrected chi connectivity index (χ2v) is 6.32. The van der Waals surface area contributed by atoms with Gasteiger partial charge in [-0.25, -0.2) is 0 Å². The maximum absolute atomic E-state index is 11.6. The van der Waals surface area contributed by atoms with Gasteiger partial charge in [-0.3, -0.25) is 9.00 Å². The topological polar surface area (TPSA) is 72.2 Å².